The van der Waals surface area contributed by atoms with Crippen molar-refractivity contribution in [1.82, 2.24) is 9.55 Å². The Hall–Kier alpha value is -1.29. The number of aromatic nitrogens is 2. The molecule has 124 valence electrons. The molecule has 0 aromatic carbocycles. The van der Waals surface area contributed by atoms with Gasteiger partial charge in [-0.1, -0.05) is 0 Å². The van der Waals surface area contributed by atoms with Gasteiger partial charge in [-0.2, -0.15) is 0 Å². The zero-order chi connectivity index (χ0) is 16.5. The Morgan fingerprint density at radius 2 is 2.23 bits per heavy atom. The van der Waals surface area contributed by atoms with Crippen LogP contribution in [0.2, 0.25) is 0 Å². The summed E-state index contributed by atoms with van der Waals surface area (Å²) in [6.07, 6.45) is -1.34. The Bertz CT molecular complexity index is 698. The number of aryl methyl sites for hydroxylation is 1. The summed E-state index contributed by atoms with van der Waals surface area (Å²) in [6, 6.07) is 0. The number of aliphatic hydroxyl groups is 1. The van der Waals surface area contributed by atoms with E-state index in [2.05, 4.69) is 9.51 Å². The molecule has 3 N–H and O–H groups in total. The summed E-state index contributed by atoms with van der Waals surface area (Å²) < 4.78 is 27.3. The second kappa shape index (κ2) is 6.45. The molecule has 1 aliphatic rings. The molecule has 4 atom stereocenters. The number of nitrogens with one attached hydrogen (secondary N) is 1. The molecule has 0 radical (unpaired) electrons. The van der Waals surface area contributed by atoms with E-state index in [1.54, 1.807) is 0 Å². The Kier molecular flexibility index (Phi) is 5.00. The minimum absolute atomic E-state index is 0.0323. The first-order valence-electron chi connectivity index (χ1n) is 6.42. The molecule has 0 saturated carbocycles. The Balaban J connectivity index is 2.25. The van der Waals surface area contributed by atoms with Crippen molar-refractivity contribution >= 4 is 7.82 Å². The zero-order valence-electron chi connectivity index (χ0n) is 12.0. The average Bonchev–Trinajstić information content (AvgIpc) is 2.84. The predicted molar refractivity (Wildman–Crippen MR) is 73.4 cm³/mol. The van der Waals surface area contributed by atoms with Crippen molar-refractivity contribution in [1.29, 1.82) is 0 Å². The van der Waals surface area contributed by atoms with Crippen LogP contribution in [0.5, 0.6) is 0 Å². The smallest absolute Gasteiger partial charge is 0.394 e. The highest BCUT2D eigenvalue weighted by molar-refractivity contribution is 7.47. The van der Waals surface area contributed by atoms with Gasteiger partial charge in [-0.3, -0.25) is 23.4 Å². The minimum Gasteiger partial charge on any atom is -0.394 e. The maximum absolute atomic E-state index is 11.8. The summed E-state index contributed by atoms with van der Waals surface area (Å²) in [6.45, 7) is 1.05. The number of hydrogen-bond acceptors (Lipinski definition) is 7. The molecule has 22 heavy (non-hydrogen) atoms. The van der Waals surface area contributed by atoms with Crippen molar-refractivity contribution < 1.29 is 28.3 Å². The molecule has 0 amide bonds. The molecule has 1 unspecified atom stereocenters. The summed E-state index contributed by atoms with van der Waals surface area (Å²) in [7, 11) is -3.25. The normalized spacial score (nSPS) is 27.7. The van der Waals surface area contributed by atoms with Crippen LogP contribution in [0.25, 0.3) is 0 Å². The number of aliphatic hydroxyl groups excluding tert-OH is 1. The molecule has 10 nitrogen and oxygen atoms in total. The fourth-order valence-corrected chi connectivity index (χ4v) is 2.81. The van der Waals surface area contributed by atoms with Crippen LogP contribution in [0.1, 0.15) is 18.2 Å². The lowest BCUT2D eigenvalue weighted by molar-refractivity contribution is -0.0458. The van der Waals surface area contributed by atoms with E-state index in [4.69, 9.17) is 9.26 Å². The van der Waals surface area contributed by atoms with E-state index in [1.165, 1.54) is 13.1 Å². The Morgan fingerprint density at radius 3 is 2.82 bits per heavy atom. The molecule has 1 saturated heterocycles. The van der Waals surface area contributed by atoms with E-state index in [-0.39, 0.29) is 6.42 Å². The van der Waals surface area contributed by atoms with Crippen LogP contribution in [0.3, 0.4) is 0 Å². The topological polar surface area (TPSA) is 140 Å². The van der Waals surface area contributed by atoms with Gasteiger partial charge < -0.3 is 14.7 Å². The van der Waals surface area contributed by atoms with Crippen LogP contribution in [-0.2, 0) is 18.3 Å². The van der Waals surface area contributed by atoms with Crippen molar-refractivity contribution in [3.63, 3.8) is 0 Å². The largest absolute Gasteiger partial charge is 0.472 e. The van der Waals surface area contributed by atoms with Gasteiger partial charge in [0.25, 0.3) is 5.56 Å². The van der Waals surface area contributed by atoms with E-state index >= 15 is 0 Å². The predicted octanol–water partition coefficient (Wildman–Crippen LogP) is -0.743. The van der Waals surface area contributed by atoms with E-state index in [0.717, 1.165) is 11.7 Å². The number of nitrogens with zero attached hydrogens (tertiary/aromatic N) is 1. The summed E-state index contributed by atoms with van der Waals surface area (Å²) in [5.74, 6) is 0. The number of aromatic amines is 1. The van der Waals surface area contributed by atoms with Gasteiger partial charge in [0, 0.05) is 25.3 Å². The highest BCUT2D eigenvalue weighted by atomic mass is 31.2. The van der Waals surface area contributed by atoms with Crippen LogP contribution < -0.4 is 11.2 Å². The first-order chi connectivity index (χ1) is 10.3. The molecule has 2 heterocycles. The van der Waals surface area contributed by atoms with Crippen molar-refractivity contribution in [2.24, 2.45) is 0 Å². The third-order valence-electron chi connectivity index (χ3n) is 3.32. The molecule has 0 aliphatic carbocycles. The van der Waals surface area contributed by atoms with E-state index in [1.807, 2.05) is 0 Å². The second-order valence-electron chi connectivity index (χ2n) is 4.82. The van der Waals surface area contributed by atoms with Gasteiger partial charge in [-0.05, 0) is 6.92 Å². The average molecular weight is 336 g/mol. The molecular weight excluding hydrogens is 319 g/mol. The van der Waals surface area contributed by atoms with Gasteiger partial charge in [0.1, 0.15) is 18.4 Å². The SMILES string of the molecule is COP(=O)(O)O[C@H]1C[C@H](n2cc(C)c(=O)[nH]c2=O)O[C@@H]1CO. The van der Waals surface area contributed by atoms with Crippen LogP contribution in [-0.4, -0.2) is 45.5 Å². The summed E-state index contributed by atoms with van der Waals surface area (Å²) in [4.78, 5) is 34.7. The van der Waals surface area contributed by atoms with Gasteiger partial charge in [0.15, 0.2) is 0 Å². The van der Waals surface area contributed by atoms with Crippen molar-refractivity contribution in [2.75, 3.05) is 13.7 Å². The van der Waals surface area contributed by atoms with Crippen molar-refractivity contribution in [2.45, 2.75) is 31.8 Å². The quantitative estimate of drug-likeness (QED) is 0.597. The lowest BCUT2D eigenvalue weighted by atomic mass is 10.2. The molecule has 11 heteroatoms. The molecule has 0 bridgehead atoms. The maximum Gasteiger partial charge on any atom is 0.472 e. The number of hydrogen-bond donors (Lipinski definition) is 3. The van der Waals surface area contributed by atoms with Gasteiger partial charge in [-0.25, -0.2) is 9.36 Å². The lowest BCUT2D eigenvalue weighted by Crippen LogP contribution is -2.33. The molecule has 1 fully saturated rings. The number of rotatable bonds is 5. The van der Waals surface area contributed by atoms with Gasteiger partial charge in [0.05, 0.1) is 6.61 Å². The molecular formula is C11H17N2O8P. The highest BCUT2D eigenvalue weighted by Gasteiger charge is 2.41. The maximum atomic E-state index is 11.8. The van der Waals surface area contributed by atoms with Crippen LogP contribution in [0.15, 0.2) is 15.8 Å². The van der Waals surface area contributed by atoms with Crippen LogP contribution >= 0.6 is 7.82 Å². The van der Waals surface area contributed by atoms with Gasteiger partial charge in [0.2, 0.25) is 0 Å². The standard InChI is InChI=1S/C11H17N2O8P/c1-6-4-13(11(16)12-10(6)15)9-3-7(8(5-14)20-9)21-22(17,18)19-2/h4,7-9,14H,3,5H2,1-2H3,(H,17,18)(H,12,15,16)/t7-,8+,9+/m0/s1. The number of H-pyrrole nitrogens is 1. The zero-order valence-corrected chi connectivity index (χ0v) is 12.9. The van der Waals surface area contributed by atoms with Gasteiger partial charge >= 0.3 is 13.5 Å². The third-order valence-corrected chi connectivity index (χ3v) is 4.31. The first-order valence-corrected chi connectivity index (χ1v) is 7.92. The van der Waals surface area contributed by atoms with E-state index in [0.29, 0.717) is 5.56 Å². The van der Waals surface area contributed by atoms with E-state index < -0.39 is 44.1 Å². The molecule has 2 rings (SSSR count). The Labute approximate surface area is 124 Å². The summed E-state index contributed by atoms with van der Waals surface area (Å²) in [5, 5.41) is 9.28. The van der Waals surface area contributed by atoms with Crippen molar-refractivity contribution in [3.05, 3.63) is 32.6 Å². The second-order valence-corrected chi connectivity index (χ2v) is 6.33. The number of phosphoric ester groups is 1. The monoisotopic (exact) mass is 336 g/mol. The fraction of sp³-hybridized carbons (Fsp3) is 0.636. The third kappa shape index (κ3) is 3.54. The summed E-state index contributed by atoms with van der Waals surface area (Å²) in [5.41, 5.74) is -0.889. The van der Waals surface area contributed by atoms with E-state index in [9.17, 15) is 24.2 Å². The Morgan fingerprint density at radius 1 is 1.55 bits per heavy atom. The highest BCUT2D eigenvalue weighted by Crippen LogP contribution is 2.47. The van der Waals surface area contributed by atoms with Gasteiger partial charge in [-0.15, -0.1) is 0 Å². The molecule has 1 aliphatic heterocycles. The molecule has 0 spiro atoms. The molecule has 1 aromatic rings. The number of phosphoric acid groups is 1. The fourth-order valence-electron chi connectivity index (χ4n) is 2.16. The first kappa shape index (κ1) is 17.1. The van der Waals surface area contributed by atoms with Crippen molar-refractivity contribution in [3.8, 4) is 0 Å². The summed E-state index contributed by atoms with van der Waals surface area (Å²) >= 11 is 0. The number of ether oxygens (including phenoxy) is 1. The van der Waals surface area contributed by atoms with Crippen LogP contribution in [0, 0.1) is 6.92 Å². The molecule has 1 aromatic heterocycles. The minimum atomic E-state index is -4.26. The lowest BCUT2D eigenvalue weighted by Gasteiger charge is -2.18. The van der Waals surface area contributed by atoms with Crippen LogP contribution in [0.4, 0.5) is 0 Å².